The molecule has 4 rings (SSSR count). The molecule has 0 radical (unpaired) electrons. The summed E-state index contributed by atoms with van der Waals surface area (Å²) in [6.07, 6.45) is 0.542. The summed E-state index contributed by atoms with van der Waals surface area (Å²) in [5.74, 6) is 0.143. The first kappa shape index (κ1) is 25.0. The molecular weight excluding hydrogens is 458 g/mol. The molecule has 1 fully saturated rings. The molecule has 1 atom stereocenters. The normalized spacial score (nSPS) is 16.8. The first-order valence-electron chi connectivity index (χ1n) is 11.9. The average molecular weight is 488 g/mol. The van der Waals surface area contributed by atoms with Gasteiger partial charge in [0.2, 0.25) is 0 Å². The van der Waals surface area contributed by atoms with E-state index in [1.54, 1.807) is 49.6 Å². The number of carbonyl (C=O) groups is 2. The fourth-order valence-corrected chi connectivity index (χ4v) is 4.26. The van der Waals surface area contributed by atoms with Gasteiger partial charge >= 0.3 is 0 Å². The number of methoxy groups -OCH3 is 1. The Bertz CT molecular complexity index is 1250. The van der Waals surface area contributed by atoms with Crippen LogP contribution < -0.4 is 9.47 Å². The summed E-state index contributed by atoms with van der Waals surface area (Å²) in [4.78, 5) is 27.8. The third kappa shape index (κ3) is 5.42. The molecule has 3 aromatic rings. The van der Waals surface area contributed by atoms with Crippen molar-refractivity contribution in [1.82, 2.24) is 4.90 Å². The number of nitrogens with zero attached hydrogens (tertiary/aromatic N) is 1. The van der Waals surface area contributed by atoms with E-state index < -0.39 is 17.7 Å². The maximum absolute atomic E-state index is 13.2. The monoisotopic (exact) mass is 487 g/mol. The summed E-state index contributed by atoms with van der Waals surface area (Å²) in [6.45, 7) is 3.05. The lowest BCUT2D eigenvalue weighted by molar-refractivity contribution is -0.140. The highest BCUT2D eigenvalue weighted by Crippen LogP contribution is 2.41. The molecule has 1 aliphatic heterocycles. The molecule has 0 aromatic heterocycles. The van der Waals surface area contributed by atoms with Crippen LogP contribution in [0.3, 0.4) is 0 Å². The SMILES string of the molecule is CCOc1cccc(/C(O)=C2\C(=O)C(=O)N(CCCOC)C2c2cccc(Oc3ccccc3)c2)c1. The van der Waals surface area contributed by atoms with Gasteiger partial charge in [-0.05, 0) is 55.3 Å². The number of Topliss-reactive ketones (excluding diaryl/α,β-unsaturated/α-hetero) is 1. The number of ether oxygens (including phenoxy) is 3. The summed E-state index contributed by atoms with van der Waals surface area (Å²) in [5.41, 5.74) is 1.09. The highest BCUT2D eigenvalue weighted by Gasteiger charge is 2.45. The quantitative estimate of drug-likeness (QED) is 0.180. The van der Waals surface area contributed by atoms with Crippen molar-refractivity contribution < 1.29 is 28.9 Å². The third-order valence-corrected chi connectivity index (χ3v) is 5.86. The molecule has 1 N–H and O–H groups in total. The van der Waals surface area contributed by atoms with Gasteiger partial charge in [-0.15, -0.1) is 0 Å². The van der Waals surface area contributed by atoms with Crippen molar-refractivity contribution in [3.05, 3.63) is 95.6 Å². The Morgan fingerprint density at radius 2 is 1.64 bits per heavy atom. The Hall–Kier alpha value is -4.10. The summed E-state index contributed by atoms with van der Waals surface area (Å²) in [5, 5.41) is 11.3. The van der Waals surface area contributed by atoms with E-state index in [9.17, 15) is 14.7 Å². The molecule has 0 bridgehead atoms. The van der Waals surface area contributed by atoms with E-state index in [-0.39, 0.29) is 11.3 Å². The molecule has 7 heteroatoms. The number of rotatable bonds is 10. The number of amides is 1. The van der Waals surface area contributed by atoms with Crippen LogP contribution in [0.1, 0.15) is 30.5 Å². The van der Waals surface area contributed by atoms with Gasteiger partial charge in [0.05, 0.1) is 18.2 Å². The van der Waals surface area contributed by atoms with Crippen LogP contribution >= 0.6 is 0 Å². The van der Waals surface area contributed by atoms with E-state index in [0.717, 1.165) is 0 Å². The average Bonchev–Trinajstić information content (AvgIpc) is 3.15. The van der Waals surface area contributed by atoms with E-state index in [2.05, 4.69) is 0 Å². The van der Waals surface area contributed by atoms with E-state index in [1.807, 2.05) is 43.3 Å². The first-order chi connectivity index (χ1) is 17.5. The number of para-hydroxylation sites is 1. The van der Waals surface area contributed by atoms with Crippen molar-refractivity contribution in [2.24, 2.45) is 0 Å². The Labute approximate surface area is 210 Å². The zero-order valence-corrected chi connectivity index (χ0v) is 20.3. The van der Waals surface area contributed by atoms with Crippen LogP contribution in [-0.2, 0) is 14.3 Å². The zero-order chi connectivity index (χ0) is 25.5. The fraction of sp³-hybridized carbons (Fsp3) is 0.241. The number of hydrogen-bond donors (Lipinski definition) is 1. The molecule has 186 valence electrons. The van der Waals surface area contributed by atoms with E-state index in [1.165, 1.54) is 4.90 Å². The van der Waals surface area contributed by atoms with Crippen molar-refractivity contribution in [1.29, 1.82) is 0 Å². The summed E-state index contributed by atoms with van der Waals surface area (Å²) in [7, 11) is 1.58. The highest BCUT2D eigenvalue weighted by atomic mass is 16.5. The van der Waals surface area contributed by atoms with Crippen LogP contribution in [0.4, 0.5) is 0 Å². The second-order valence-electron chi connectivity index (χ2n) is 8.29. The Balaban J connectivity index is 1.78. The van der Waals surface area contributed by atoms with Crippen molar-refractivity contribution >= 4 is 17.4 Å². The molecule has 0 spiro atoms. The maximum atomic E-state index is 13.2. The van der Waals surface area contributed by atoms with Gasteiger partial charge in [0.15, 0.2) is 0 Å². The second-order valence-corrected chi connectivity index (χ2v) is 8.29. The van der Waals surface area contributed by atoms with E-state index in [4.69, 9.17) is 14.2 Å². The van der Waals surface area contributed by atoms with Crippen molar-refractivity contribution in [3.8, 4) is 17.2 Å². The third-order valence-electron chi connectivity index (χ3n) is 5.86. The molecule has 1 heterocycles. The molecule has 36 heavy (non-hydrogen) atoms. The Morgan fingerprint density at radius 3 is 2.39 bits per heavy atom. The lowest BCUT2D eigenvalue weighted by atomic mass is 9.95. The fourth-order valence-electron chi connectivity index (χ4n) is 4.26. The molecule has 1 saturated heterocycles. The van der Waals surface area contributed by atoms with Crippen LogP contribution in [0, 0.1) is 0 Å². The predicted molar refractivity (Wildman–Crippen MR) is 136 cm³/mol. The van der Waals surface area contributed by atoms with Gasteiger partial charge in [0, 0.05) is 25.8 Å². The van der Waals surface area contributed by atoms with Crippen LogP contribution in [0.2, 0.25) is 0 Å². The van der Waals surface area contributed by atoms with Gasteiger partial charge in [0.25, 0.3) is 11.7 Å². The van der Waals surface area contributed by atoms with Crippen molar-refractivity contribution in [3.63, 3.8) is 0 Å². The highest BCUT2D eigenvalue weighted by molar-refractivity contribution is 6.46. The summed E-state index contributed by atoms with van der Waals surface area (Å²) < 4.78 is 16.7. The molecule has 1 unspecified atom stereocenters. The Morgan fingerprint density at radius 1 is 0.917 bits per heavy atom. The number of aliphatic hydroxyl groups excluding tert-OH is 1. The molecular formula is C29H29NO6. The first-order valence-corrected chi connectivity index (χ1v) is 11.9. The van der Waals surface area contributed by atoms with Gasteiger partial charge in [-0.25, -0.2) is 0 Å². The zero-order valence-electron chi connectivity index (χ0n) is 20.3. The van der Waals surface area contributed by atoms with Crippen molar-refractivity contribution in [2.45, 2.75) is 19.4 Å². The maximum Gasteiger partial charge on any atom is 0.295 e. The van der Waals surface area contributed by atoms with E-state index in [0.29, 0.717) is 54.6 Å². The minimum absolute atomic E-state index is 0.0305. The summed E-state index contributed by atoms with van der Waals surface area (Å²) >= 11 is 0. The minimum atomic E-state index is -0.781. The molecule has 7 nitrogen and oxygen atoms in total. The van der Waals surface area contributed by atoms with Gasteiger partial charge in [0.1, 0.15) is 23.0 Å². The van der Waals surface area contributed by atoms with Crippen LogP contribution in [-0.4, -0.2) is 48.6 Å². The van der Waals surface area contributed by atoms with Gasteiger partial charge < -0.3 is 24.2 Å². The van der Waals surface area contributed by atoms with Gasteiger partial charge in [-0.2, -0.15) is 0 Å². The largest absolute Gasteiger partial charge is 0.507 e. The van der Waals surface area contributed by atoms with Crippen LogP contribution in [0.5, 0.6) is 17.2 Å². The molecule has 0 saturated carbocycles. The van der Waals surface area contributed by atoms with Crippen LogP contribution in [0.15, 0.2) is 84.4 Å². The van der Waals surface area contributed by atoms with E-state index >= 15 is 0 Å². The molecule has 3 aromatic carbocycles. The van der Waals surface area contributed by atoms with Gasteiger partial charge in [-0.3, -0.25) is 9.59 Å². The topological polar surface area (TPSA) is 85.3 Å². The summed E-state index contributed by atoms with van der Waals surface area (Å²) in [6, 6.07) is 22.6. The second kappa shape index (κ2) is 11.6. The lowest BCUT2D eigenvalue weighted by Crippen LogP contribution is -2.31. The number of ketones is 1. The van der Waals surface area contributed by atoms with Crippen molar-refractivity contribution in [2.75, 3.05) is 26.9 Å². The molecule has 1 aliphatic rings. The smallest absolute Gasteiger partial charge is 0.295 e. The molecule has 1 amide bonds. The number of aliphatic hydroxyl groups is 1. The number of benzene rings is 3. The van der Waals surface area contributed by atoms with Gasteiger partial charge in [-0.1, -0.05) is 42.5 Å². The Kier molecular flexibility index (Phi) is 8.02. The van der Waals surface area contributed by atoms with Crippen LogP contribution in [0.25, 0.3) is 5.76 Å². The minimum Gasteiger partial charge on any atom is -0.507 e. The predicted octanol–water partition coefficient (Wildman–Crippen LogP) is 5.34. The number of likely N-dealkylation sites (tertiary alicyclic amines) is 1. The molecule has 0 aliphatic carbocycles. The lowest BCUT2D eigenvalue weighted by Gasteiger charge is -2.25. The number of carbonyl (C=O) groups excluding carboxylic acids is 2. The number of hydrogen-bond acceptors (Lipinski definition) is 6. The standard InChI is InChI=1S/C29H29NO6/c1-3-35-23-14-8-11-21(19-23)27(31)25-26(30(16-9-17-34-2)29(33)28(25)32)20-10-7-15-24(18-20)36-22-12-5-4-6-13-22/h4-8,10-15,18-19,26,31H,3,9,16-17H2,1-2H3/b27-25+.